The average Bonchev–Trinajstić information content (AvgIpc) is 2.86. The molecule has 0 radical (unpaired) electrons. The Morgan fingerprint density at radius 2 is 1.82 bits per heavy atom. The van der Waals surface area contributed by atoms with Gasteiger partial charge in [0.1, 0.15) is 5.02 Å². The van der Waals surface area contributed by atoms with E-state index in [0.717, 1.165) is 4.90 Å². The van der Waals surface area contributed by atoms with Gasteiger partial charge in [-0.1, -0.05) is 29.8 Å². The molecule has 3 aromatic rings. The van der Waals surface area contributed by atoms with E-state index in [1.165, 1.54) is 16.4 Å². The number of rotatable bonds is 3. The predicted molar refractivity (Wildman–Crippen MR) is 133 cm³/mol. The van der Waals surface area contributed by atoms with Crippen LogP contribution in [0.15, 0.2) is 64.4 Å². The Kier molecular flexibility index (Phi) is 6.05. The van der Waals surface area contributed by atoms with Crippen molar-refractivity contribution in [2.75, 3.05) is 36.4 Å². The number of fused-ring (bicyclic) bond motifs is 1. The van der Waals surface area contributed by atoms with Crippen molar-refractivity contribution >= 4 is 46.6 Å². The lowest BCUT2D eigenvalue weighted by molar-refractivity contribution is -0.115. The summed E-state index contributed by atoms with van der Waals surface area (Å²) in [4.78, 5) is 42.6. The maximum atomic E-state index is 13.1. The number of benzene rings is 2. The van der Waals surface area contributed by atoms with Gasteiger partial charge in [0.15, 0.2) is 0 Å². The third-order valence-corrected chi connectivity index (χ3v) is 7.50. The highest BCUT2D eigenvalue weighted by atomic mass is 35.5. The van der Waals surface area contributed by atoms with Crippen molar-refractivity contribution in [1.29, 1.82) is 0 Å². The highest BCUT2D eigenvalue weighted by Gasteiger charge is 2.27. The van der Waals surface area contributed by atoms with Crippen LogP contribution in [0.2, 0.25) is 5.02 Å². The monoisotopic (exact) mass is 495 g/mol. The van der Waals surface area contributed by atoms with E-state index in [9.17, 15) is 14.4 Å². The van der Waals surface area contributed by atoms with Crippen molar-refractivity contribution in [3.8, 4) is 5.69 Å². The number of hydrogen-bond donors (Lipinski definition) is 1. The van der Waals surface area contributed by atoms with E-state index >= 15 is 0 Å². The fraction of sp³-hybridized carbons (Fsp3) is 0.250. The summed E-state index contributed by atoms with van der Waals surface area (Å²) >= 11 is 7.92. The second-order valence-corrected chi connectivity index (χ2v) is 9.90. The zero-order valence-corrected chi connectivity index (χ0v) is 20.0. The van der Waals surface area contributed by atoms with E-state index in [1.54, 1.807) is 35.4 Å². The van der Waals surface area contributed by atoms with E-state index in [2.05, 4.69) is 10.4 Å². The standard InChI is InChI=1S/C24H22ClN5O3S/c1-15-22(31)27-18-13-16(7-8-20(18)34-15)23(32)29-11-9-28(10-12-29)19-14-26-30(24(33)21(19)25)17-5-3-2-4-6-17/h2-8,13-15H,9-12H2,1H3,(H,27,31)/t15-/m1/s1. The summed E-state index contributed by atoms with van der Waals surface area (Å²) < 4.78 is 1.28. The first kappa shape index (κ1) is 22.5. The molecule has 2 aromatic carbocycles. The van der Waals surface area contributed by atoms with Crippen LogP contribution in [0.25, 0.3) is 5.69 Å². The smallest absolute Gasteiger partial charge is 0.292 e. The normalized spacial score (nSPS) is 17.8. The summed E-state index contributed by atoms with van der Waals surface area (Å²) in [5, 5.41) is 7.12. The second-order valence-electron chi connectivity index (χ2n) is 8.14. The molecule has 1 aromatic heterocycles. The summed E-state index contributed by atoms with van der Waals surface area (Å²) in [5.41, 5.74) is 2.04. The Morgan fingerprint density at radius 3 is 2.56 bits per heavy atom. The molecule has 8 nitrogen and oxygen atoms in total. The summed E-state index contributed by atoms with van der Waals surface area (Å²) in [7, 11) is 0. The quantitative estimate of drug-likeness (QED) is 0.600. The number of para-hydroxylation sites is 1. The largest absolute Gasteiger partial charge is 0.365 e. The number of halogens is 1. The zero-order chi connectivity index (χ0) is 23.8. The Hall–Kier alpha value is -3.30. The van der Waals surface area contributed by atoms with E-state index in [1.807, 2.05) is 36.1 Å². The first-order chi connectivity index (χ1) is 16.4. The average molecular weight is 496 g/mol. The summed E-state index contributed by atoms with van der Waals surface area (Å²) in [5.74, 6) is -0.153. The van der Waals surface area contributed by atoms with Crippen LogP contribution in [0.4, 0.5) is 11.4 Å². The lowest BCUT2D eigenvalue weighted by atomic mass is 10.1. The summed E-state index contributed by atoms with van der Waals surface area (Å²) in [6.07, 6.45) is 1.60. The van der Waals surface area contributed by atoms with Crippen molar-refractivity contribution in [2.24, 2.45) is 0 Å². The van der Waals surface area contributed by atoms with Crippen molar-refractivity contribution in [1.82, 2.24) is 14.7 Å². The topological polar surface area (TPSA) is 87.5 Å². The molecule has 2 aliphatic heterocycles. The predicted octanol–water partition coefficient (Wildman–Crippen LogP) is 3.28. The van der Waals surface area contributed by atoms with Gasteiger partial charge in [-0.2, -0.15) is 9.78 Å². The molecule has 1 saturated heterocycles. The number of thioether (sulfide) groups is 1. The van der Waals surface area contributed by atoms with Gasteiger partial charge < -0.3 is 15.1 Å². The molecule has 0 aliphatic carbocycles. The van der Waals surface area contributed by atoms with Gasteiger partial charge in [-0.25, -0.2) is 0 Å². The molecule has 2 aliphatic rings. The van der Waals surface area contributed by atoms with Crippen molar-refractivity contribution in [3.05, 3.63) is 75.7 Å². The molecular weight excluding hydrogens is 474 g/mol. The highest BCUT2D eigenvalue weighted by molar-refractivity contribution is 8.00. The molecule has 0 unspecified atom stereocenters. The lowest BCUT2D eigenvalue weighted by Crippen LogP contribution is -2.49. The minimum atomic E-state index is -0.382. The molecular formula is C24H22ClN5O3S. The van der Waals surface area contributed by atoms with Crippen LogP contribution < -0.4 is 15.8 Å². The summed E-state index contributed by atoms with van der Waals surface area (Å²) in [6.45, 7) is 3.86. The fourth-order valence-electron chi connectivity index (χ4n) is 4.07. The van der Waals surface area contributed by atoms with E-state index < -0.39 is 0 Å². The van der Waals surface area contributed by atoms with Gasteiger partial charge in [0.2, 0.25) is 5.91 Å². The van der Waals surface area contributed by atoms with Gasteiger partial charge in [0.25, 0.3) is 11.5 Å². The molecule has 174 valence electrons. The van der Waals surface area contributed by atoms with Gasteiger partial charge in [0.05, 0.1) is 28.5 Å². The molecule has 1 atom stereocenters. The highest BCUT2D eigenvalue weighted by Crippen LogP contribution is 2.36. The van der Waals surface area contributed by atoms with Crippen LogP contribution in [0.5, 0.6) is 0 Å². The van der Waals surface area contributed by atoms with Gasteiger partial charge in [-0.15, -0.1) is 11.8 Å². The second kappa shape index (κ2) is 9.15. The van der Waals surface area contributed by atoms with Crippen LogP contribution >= 0.6 is 23.4 Å². The fourth-order valence-corrected chi connectivity index (χ4v) is 5.25. The van der Waals surface area contributed by atoms with Crippen LogP contribution in [-0.2, 0) is 4.79 Å². The van der Waals surface area contributed by atoms with Crippen LogP contribution in [0.1, 0.15) is 17.3 Å². The molecule has 3 heterocycles. The Labute approximate surface area is 205 Å². The number of aromatic nitrogens is 2. The molecule has 0 spiro atoms. The van der Waals surface area contributed by atoms with Gasteiger partial charge in [-0.05, 0) is 37.3 Å². The van der Waals surface area contributed by atoms with Crippen LogP contribution in [0, 0.1) is 0 Å². The number of piperazine rings is 1. The van der Waals surface area contributed by atoms with E-state index in [4.69, 9.17) is 11.6 Å². The number of nitrogens with one attached hydrogen (secondary N) is 1. The molecule has 34 heavy (non-hydrogen) atoms. The number of amides is 2. The Bertz CT molecular complexity index is 1320. The van der Waals surface area contributed by atoms with Crippen molar-refractivity contribution in [2.45, 2.75) is 17.1 Å². The number of anilines is 2. The number of carbonyl (C=O) groups excluding carboxylic acids is 2. The Morgan fingerprint density at radius 1 is 1.09 bits per heavy atom. The van der Waals surface area contributed by atoms with Crippen LogP contribution in [0.3, 0.4) is 0 Å². The maximum Gasteiger partial charge on any atom is 0.292 e. The van der Waals surface area contributed by atoms with Crippen LogP contribution in [-0.4, -0.2) is 57.9 Å². The van der Waals surface area contributed by atoms with Gasteiger partial charge >= 0.3 is 0 Å². The zero-order valence-electron chi connectivity index (χ0n) is 18.4. The first-order valence-corrected chi connectivity index (χ1v) is 12.2. The molecule has 0 bridgehead atoms. The maximum absolute atomic E-state index is 13.1. The molecule has 10 heteroatoms. The van der Waals surface area contributed by atoms with Gasteiger partial charge in [0, 0.05) is 36.6 Å². The third-order valence-electron chi connectivity index (χ3n) is 5.97. The lowest BCUT2D eigenvalue weighted by Gasteiger charge is -2.36. The molecule has 2 amide bonds. The number of hydrogen-bond acceptors (Lipinski definition) is 6. The van der Waals surface area contributed by atoms with E-state index in [0.29, 0.717) is 48.8 Å². The van der Waals surface area contributed by atoms with Gasteiger partial charge in [-0.3, -0.25) is 14.4 Å². The summed E-state index contributed by atoms with van der Waals surface area (Å²) in [6, 6.07) is 14.5. The Balaban J connectivity index is 1.29. The third kappa shape index (κ3) is 4.17. The SMILES string of the molecule is C[C@H]1Sc2ccc(C(=O)N3CCN(c4cnn(-c5ccccc5)c(=O)c4Cl)CC3)cc2NC1=O. The minimum Gasteiger partial charge on any atom is -0.365 e. The first-order valence-electron chi connectivity index (χ1n) is 10.9. The molecule has 1 fully saturated rings. The molecule has 5 rings (SSSR count). The molecule has 1 N–H and O–H groups in total. The molecule has 0 saturated carbocycles. The van der Waals surface area contributed by atoms with Crippen molar-refractivity contribution in [3.63, 3.8) is 0 Å². The van der Waals surface area contributed by atoms with E-state index in [-0.39, 0.29) is 27.6 Å². The number of nitrogens with zero attached hydrogens (tertiary/aromatic N) is 4. The number of carbonyl (C=O) groups is 2. The minimum absolute atomic E-state index is 0.0598. The van der Waals surface area contributed by atoms with Crippen molar-refractivity contribution < 1.29 is 9.59 Å².